The van der Waals surface area contributed by atoms with Crippen LogP contribution in [0.3, 0.4) is 0 Å². The first-order valence-electron chi connectivity index (χ1n) is 9.39. The summed E-state index contributed by atoms with van der Waals surface area (Å²) in [7, 11) is 0. The molecule has 1 fully saturated rings. The lowest BCUT2D eigenvalue weighted by Gasteiger charge is -2.33. The lowest BCUT2D eigenvalue weighted by molar-refractivity contribution is -0.123. The Hall–Kier alpha value is -3.69. The molecule has 10 heteroatoms. The quantitative estimate of drug-likeness (QED) is 0.584. The van der Waals surface area contributed by atoms with Crippen molar-refractivity contribution in [3.05, 3.63) is 58.6 Å². The highest BCUT2D eigenvalue weighted by molar-refractivity contribution is 5.93. The first kappa shape index (κ1) is 22.6. The number of nitrogens with zero attached hydrogens (tertiary/aromatic N) is 3. The molecule has 0 atom stereocenters. The Morgan fingerprint density at radius 3 is 2.53 bits per heavy atom. The average Bonchev–Trinajstić information content (AvgIpc) is 2.75. The van der Waals surface area contributed by atoms with Crippen molar-refractivity contribution in [2.24, 2.45) is 5.92 Å². The van der Waals surface area contributed by atoms with Crippen LogP contribution in [0.2, 0.25) is 0 Å². The SMILES string of the molecule is O=C(Cn1ccccc1=O)NCC1CCN(c2ncccc2C(=O)O)CC1.O=CO. The molecule has 3 N–H and O–H groups in total. The Bertz CT molecular complexity index is 921. The summed E-state index contributed by atoms with van der Waals surface area (Å²) < 4.78 is 1.37. The van der Waals surface area contributed by atoms with Gasteiger partial charge in [0.15, 0.2) is 0 Å². The molecule has 0 aliphatic carbocycles. The van der Waals surface area contributed by atoms with E-state index in [9.17, 15) is 19.5 Å². The highest BCUT2D eigenvalue weighted by Crippen LogP contribution is 2.24. The number of carboxylic acid groups (broad SMARTS) is 2. The van der Waals surface area contributed by atoms with Gasteiger partial charge in [-0.3, -0.25) is 14.4 Å². The first-order valence-corrected chi connectivity index (χ1v) is 9.39. The topological polar surface area (TPSA) is 142 Å². The third-order valence-electron chi connectivity index (χ3n) is 4.73. The fourth-order valence-electron chi connectivity index (χ4n) is 3.22. The van der Waals surface area contributed by atoms with E-state index in [1.54, 1.807) is 36.7 Å². The minimum Gasteiger partial charge on any atom is -0.483 e. The molecular weight excluding hydrogens is 392 g/mol. The zero-order valence-corrected chi connectivity index (χ0v) is 16.3. The fraction of sp³-hybridized carbons (Fsp3) is 0.350. The Kier molecular flexibility index (Phi) is 8.55. The Labute approximate surface area is 172 Å². The summed E-state index contributed by atoms with van der Waals surface area (Å²) in [5.74, 6) is -0.363. The molecule has 1 saturated heterocycles. The van der Waals surface area contributed by atoms with Crippen LogP contribution in [0, 0.1) is 5.92 Å². The predicted molar refractivity (Wildman–Crippen MR) is 109 cm³/mol. The molecular formula is C20H24N4O6. The fourth-order valence-corrected chi connectivity index (χ4v) is 3.22. The summed E-state index contributed by atoms with van der Waals surface area (Å²) in [5.41, 5.74) is 0.00288. The number of hydrogen-bond acceptors (Lipinski definition) is 6. The maximum Gasteiger partial charge on any atom is 0.339 e. The van der Waals surface area contributed by atoms with Crippen LogP contribution in [0.25, 0.3) is 0 Å². The lowest BCUT2D eigenvalue weighted by atomic mass is 9.96. The maximum atomic E-state index is 12.1. The van der Waals surface area contributed by atoms with Crippen molar-refractivity contribution in [3.8, 4) is 0 Å². The number of nitrogens with one attached hydrogen (secondary N) is 1. The lowest BCUT2D eigenvalue weighted by Crippen LogP contribution is -2.40. The minimum absolute atomic E-state index is 0.00836. The van der Waals surface area contributed by atoms with Crippen LogP contribution in [0.1, 0.15) is 23.2 Å². The van der Waals surface area contributed by atoms with E-state index in [0.717, 1.165) is 12.8 Å². The molecule has 3 heterocycles. The van der Waals surface area contributed by atoms with Gasteiger partial charge in [0.1, 0.15) is 17.9 Å². The molecule has 1 amide bonds. The van der Waals surface area contributed by atoms with Gasteiger partial charge >= 0.3 is 5.97 Å². The molecule has 160 valence electrons. The van der Waals surface area contributed by atoms with Crippen molar-refractivity contribution in [1.82, 2.24) is 14.9 Å². The maximum absolute atomic E-state index is 12.1. The summed E-state index contributed by atoms with van der Waals surface area (Å²) >= 11 is 0. The molecule has 0 radical (unpaired) electrons. The zero-order chi connectivity index (χ0) is 21.9. The normalized spacial score (nSPS) is 13.7. The molecule has 1 aliphatic heterocycles. The van der Waals surface area contributed by atoms with Crippen molar-refractivity contribution >= 4 is 24.2 Å². The van der Waals surface area contributed by atoms with Gasteiger partial charge in [0.25, 0.3) is 12.0 Å². The number of amides is 1. The van der Waals surface area contributed by atoms with Crippen LogP contribution in [0.5, 0.6) is 0 Å². The predicted octanol–water partition coefficient (Wildman–Crippen LogP) is 0.675. The van der Waals surface area contributed by atoms with Gasteiger partial charge in [0.2, 0.25) is 5.91 Å². The van der Waals surface area contributed by atoms with Crippen LogP contribution in [0.15, 0.2) is 47.5 Å². The van der Waals surface area contributed by atoms with Crippen LogP contribution in [0.4, 0.5) is 5.82 Å². The van der Waals surface area contributed by atoms with Crippen LogP contribution >= 0.6 is 0 Å². The number of hydrogen-bond donors (Lipinski definition) is 3. The van der Waals surface area contributed by atoms with E-state index in [2.05, 4.69) is 10.3 Å². The first-order chi connectivity index (χ1) is 14.5. The summed E-state index contributed by atoms with van der Waals surface area (Å²) in [6, 6.07) is 7.96. The van der Waals surface area contributed by atoms with Gasteiger partial charge in [-0.05, 0) is 37.0 Å². The van der Waals surface area contributed by atoms with Crippen molar-refractivity contribution in [3.63, 3.8) is 0 Å². The number of carbonyl (C=O) groups excluding carboxylic acids is 1. The number of anilines is 1. The molecule has 3 rings (SSSR count). The molecule has 30 heavy (non-hydrogen) atoms. The van der Waals surface area contributed by atoms with Crippen molar-refractivity contribution in [1.29, 1.82) is 0 Å². The highest BCUT2D eigenvalue weighted by atomic mass is 16.4. The van der Waals surface area contributed by atoms with E-state index in [4.69, 9.17) is 9.90 Å². The van der Waals surface area contributed by atoms with Gasteiger partial charge in [0, 0.05) is 38.1 Å². The number of rotatable bonds is 6. The number of aromatic carboxylic acids is 1. The van der Waals surface area contributed by atoms with Gasteiger partial charge in [-0.25, -0.2) is 9.78 Å². The van der Waals surface area contributed by atoms with E-state index < -0.39 is 5.97 Å². The monoisotopic (exact) mass is 416 g/mol. The summed E-state index contributed by atoms with van der Waals surface area (Å²) in [6.45, 7) is 1.68. The number of aromatic nitrogens is 2. The minimum atomic E-state index is -0.983. The van der Waals surface area contributed by atoms with Gasteiger partial charge in [-0.15, -0.1) is 0 Å². The standard InChI is InChI=1S/C19H22N4O4.CH2O2/c24-16(13-23-9-2-1-5-17(23)25)21-12-14-6-10-22(11-7-14)18-15(19(26)27)4-3-8-20-18;2-1-3/h1-5,8-9,14H,6-7,10-13H2,(H,21,24)(H,26,27);1H,(H,2,3). The number of piperidine rings is 1. The summed E-state index contributed by atoms with van der Waals surface area (Å²) in [6.07, 6.45) is 4.86. The smallest absolute Gasteiger partial charge is 0.339 e. The third-order valence-corrected chi connectivity index (χ3v) is 4.73. The van der Waals surface area contributed by atoms with E-state index in [1.165, 1.54) is 10.6 Å². The Morgan fingerprint density at radius 2 is 1.90 bits per heavy atom. The molecule has 2 aromatic heterocycles. The van der Waals surface area contributed by atoms with Gasteiger partial charge < -0.3 is 25.0 Å². The second-order valence-corrected chi connectivity index (χ2v) is 6.69. The molecule has 2 aromatic rings. The van der Waals surface area contributed by atoms with Crippen molar-refractivity contribution < 1.29 is 24.6 Å². The van der Waals surface area contributed by atoms with E-state index in [0.29, 0.717) is 31.4 Å². The molecule has 1 aliphatic rings. The van der Waals surface area contributed by atoms with Gasteiger partial charge in [0.05, 0.1) is 0 Å². The van der Waals surface area contributed by atoms with E-state index in [1.807, 2.05) is 4.90 Å². The highest BCUT2D eigenvalue weighted by Gasteiger charge is 2.23. The van der Waals surface area contributed by atoms with Crippen LogP contribution in [-0.2, 0) is 16.1 Å². The van der Waals surface area contributed by atoms with Crippen molar-refractivity contribution in [2.45, 2.75) is 19.4 Å². The van der Waals surface area contributed by atoms with Gasteiger partial charge in [-0.1, -0.05) is 6.07 Å². The number of pyridine rings is 2. The second-order valence-electron chi connectivity index (χ2n) is 6.69. The molecule has 0 unspecified atom stereocenters. The molecule has 0 saturated carbocycles. The number of carboxylic acids is 1. The summed E-state index contributed by atoms with van der Waals surface area (Å²) in [5, 5.41) is 19.1. The molecule has 0 spiro atoms. The van der Waals surface area contributed by atoms with Crippen LogP contribution < -0.4 is 15.8 Å². The van der Waals surface area contributed by atoms with Crippen LogP contribution in [-0.4, -0.2) is 57.7 Å². The van der Waals surface area contributed by atoms with Gasteiger partial charge in [-0.2, -0.15) is 0 Å². The van der Waals surface area contributed by atoms with E-state index >= 15 is 0 Å². The molecule has 0 aromatic carbocycles. The van der Waals surface area contributed by atoms with E-state index in [-0.39, 0.29) is 30.0 Å². The molecule has 0 bridgehead atoms. The van der Waals surface area contributed by atoms with Crippen molar-refractivity contribution in [2.75, 3.05) is 24.5 Å². The summed E-state index contributed by atoms with van der Waals surface area (Å²) in [4.78, 5) is 49.6. The average molecular weight is 416 g/mol. The Balaban J connectivity index is 0.00000101. The largest absolute Gasteiger partial charge is 0.483 e. The third kappa shape index (κ3) is 6.43. The molecule has 10 nitrogen and oxygen atoms in total. The number of carbonyl (C=O) groups is 3. The second kappa shape index (κ2) is 11.3. The zero-order valence-electron chi connectivity index (χ0n) is 16.3. The Morgan fingerprint density at radius 1 is 1.20 bits per heavy atom.